The van der Waals surface area contributed by atoms with Crippen LogP contribution in [-0.4, -0.2) is 47.7 Å². The minimum atomic E-state index is -0.445. The molecule has 0 aliphatic carbocycles. The molecule has 0 N–H and O–H groups in total. The number of alkyl halides is 1. The lowest BCUT2D eigenvalue weighted by Gasteiger charge is -2.27. The Labute approximate surface area is 105 Å². The summed E-state index contributed by atoms with van der Waals surface area (Å²) >= 11 is 3.42. The normalized spacial score (nSPS) is 25.9. The van der Waals surface area contributed by atoms with Crippen molar-refractivity contribution in [1.29, 1.82) is 0 Å². The molecule has 2 atom stereocenters. The van der Waals surface area contributed by atoms with Crippen molar-refractivity contribution < 1.29 is 14.3 Å². The Hall–Kier alpha value is -0.290. The number of carbonyl (C=O) groups excluding carboxylic acids is 1. The summed E-state index contributed by atoms with van der Waals surface area (Å²) in [5.41, 5.74) is -0.445. The molecule has 2 unspecified atom stereocenters. The third-order valence-electron chi connectivity index (χ3n) is 2.52. The minimum Gasteiger partial charge on any atom is -0.444 e. The van der Waals surface area contributed by atoms with Crippen molar-refractivity contribution in [3.05, 3.63) is 0 Å². The van der Waals surface area contributed by atoms with Crippen LogP contribution in [-0.2, 0) is 9.47 Å². The molecule has 4 nitrogen and oxygen atoms in total. The second-order valence-corrected chi connectivity index (χ2v) is 5.68. The maximum absolute atomic E-state index is 11.9. The standard InChI is InChI=1S/C11H20BrNO3/c1-11(2,3)16-10(14)13-7-9(15-4)5-8(13)6-12/h8-9H,5-7H2,1-4H3. The molecule has 0 saturated carbocycles. The van der Waals surface area contributed by atoms with E-state index in [-0.39, 0.29) is 18.2 Å². The maximum Gasteiger partial charge on any atom is 0.410 e. The van der Waals surface area contributed by atoms with Gasteiger partial charge in [-0.2, -0.15) is 0 Å². The van der Waals surface area contributed by atoms with E-state index in [0.717, 1.165) is 11.8 Å². The van der Waals surface area contributed by atoms with Crippen LogP contribution in [0, 0.1) is 0 Å². The van der Waals surface area contributed by atoms with Gasteiger partial charge in [0.2, 0.25) is 0 Å². The van der Waals surface area contributed by atoms with E-state index in [9.17, 15) is 4.79 Å². The largest absolute Gasteiger partial charge is 0.444 e. The zero-order valence-electron chi connectivity index (χ0n) is 10.3. The molecule has 1 saturated heterocycles. The van der Waals surface area contributed by atoms with E-state index in [4.69, 9.17) is 9.47 Å². The topological polar surface area (TPSA) is 38.8 Å². The van der Waals surface area contributed by atoms with Gasteiger partial charge in [-0.3, -0.25) is 0 Å². The first-order chi connectivity index (χ1) is 7.37. The van der Waals surface area contributed by atoms with Gasteiger partial charge in [0.1, 0.15) is 5.60 Å². The van der Waals surface area contributed by atoms with Crippen LogP contribution in [0.4, 0.5) is 4.79 Å². The lowest BCUT2D eigenvalue weighted by molar-refractivity contribution is 0.0210. The fraction of sp³-hybridized carbons (Fsp3) is 0.909. The highest BCUT2D eigenvalue weighted by atomic mass is 79.9. The first-order valence-corrected chi connectivity index (χ1v) is 6.58. The van der Waals surface area contributed by atoms with Crippen LogP contribution < -0.4 is 0 Å². The van der Waals surface area contributed by atoms with E-state index in [1.54, 1.807) is 12.0 Å². The molecule has 0 aromatic carbocycles. The van der Waals surface area contributed by atoms with Gasteiger partial charge >= 0.3 is 6.09 Å². The van der Waals surface area contributed by atoms with Gasteiger partial charge in [0.25, 0.3) is 0 Å². The van der Waals surface area contributed by atoms with Crippen molar-refractivity contribution in [3.63, 3.8) is 0 Å². The zero-order valence-corrected chi connectivity index (χ0v) is 11.9. The highest BCUT2D eigenvalue weighted by Crippen LogP contribution is 2.23. The van der Waals surface area contributed by atoms with Gasteiger partial charge < -0.3 is 14.4 Å². The number of rotatable bonds is 2. The number of methoxy groups -OCH3 is 1. The molecule has 0 aromatic heterocycles. The van der Waals surface area contributed by atoms with Gasteiger partial charge in [-0.15, -0.1) is 0 Å². The Bertz CT molecular complexity index is 252. The maximum atomic E-state index is 11.9. The van der Waals surface area contributed by atoms with E-state index in [1.165, 1.54) is 0 Å². The SMILES string of the molecule is COC1CC(CBr)N(C(=O)OC(C)(C)C)C1. The van der Waals surface area contributed by atoms with Gasteiger partial charge in [-0.05, 0) is 27.2 Å². The second kappa shape index (κ2) is 5.36. The predicted octanol–water partition coefficient (Wildman–Crippen LogP) is 2.41. The molecule has 1 fully saturated rings. The first-order valence-electron chi connectivity index (χ1n) is 5.45. The molecule has 0 spiro atoms. The summed E-state index contributed by atoms with van der Waals surface area (Å²) in [5, 5.41) is 0.756. The Morgan fingerprint density at radius 3 is 2.56 bits per heavy atom. The number of nitrogens with zero attached hydrogens (tertiary/aromatic N) is 1. The second-order valence-electron chi connectivity index (χ2n) is 5.03. The molecule has 1 aliphatic heterocycles. The number of ether oxygens (including phenoxy) is 2. The van der Waals surface area contributed by atoms with E-state index >= 15 is 0 Å². The average Bonchev–Trinajstić information content (AvgIpc) is 2.58. The molecule has 5 heteroatoms. The van der Waals surface area contributed by atoms with E-state index in [1.807, 2.05) is 20.8 Å². The van der Waals surface area contributed by atoms with Gasteiger partial charge in [0, 0.05) is 18.5 Å². The Morgan fingerprint density at radius 1 is 1.50 bits per heavy atom. The molecule has 1 heterocycles. The summed E-state index contributed by atoms with van der Waals surface area (Å²) in [6, 6.07) is 0.166. The molecule has 1 amide bonds. The van der Waals surface area contributed by atoms with Crippen LogP contribution in [0.25, 0.3) is 0 Å². The molecule has 1 rings (SSSR count). The van der Waals surface area contributed by atoms with Crippen LogP contribution in [0.3, 0.4) is 0 Å². The van der Waals surface area contributed by atoms with E-state index in [2.05, 4.69) is 15.9 Å². The smallest absolute Gasteiger partial charge is 0.410 e. The van der Waals surface area contributed by atoms with E-state index < -0.39 is 5.60 Å². The lowest BCUT2D eigenvalue weighted by Crippen LogP contribution is -2.40. The van der Waals surface area contributed by atoms with Crippen LogP contribution in [0.5, 0.6) is 0 Å². The molecule has 16 heavy (non-hydrogen) atoms. The van der Waals surface area contributed by atoms with Crippen LogP contribution >= 0.6 is 15.9 Å². The molecule has 0 bridgehead atoms. The number of hydrogen-bond acceptors (Lipinski definition) is 3. The summed E-state index contributed by atoms with van der Waals surface area (Å²) in [5.74, 6) is 0. The fourth-order valence-corrected chi connectivity index (χ4v) is 2.35. The van der Waals surface area contributed by atoms with Crippen molar-refractivity contribution in [3.8, 4) is 0 Å². The number of halogens is 1. The summed E-state index contributed by atoms with van der Waals surface area (Å²) < 4.78 is 10.6. The minimum absolute atomic E-state index is 0.120. The molecule has 1 aliphatic rings. The van der Waals surface area contributed by atoms with Gasteiger partial charge in [0.15, 0.2) is 0 Å². The summed E-state index contributed by atoms with van der Waals surface area (Å²) in [6.07, 6.45) is 0.729. The lowest BCUT2D eigenvalue weighted by atomic mass is 10.2. The molecule has 0 aromatic rings. The summed E-state index contributed by atoms with van der Waals surface area (Å²) in [4.78, 5) is 13.7. The van der Waals surface area contributed by atoms with Crippen molar-refractivity contribution >= 4 is 22.0 Å². The summed E-state index contributed by atoms with van der Waals surface area (Å²) in [7, 11) is 1.68. The average molecular weight is 294 g/mol. The number of carbonyl (C=O) groups is 1. The molecule has 94 valence electrons. The van der Waals surface area contributed by atoms with Gasteiger partial charge in [0.05, 0.1) is 12.6 Å². The highest BCUT2D eigenvalue weighted by Gasteiger charge is 2.36. The fourth-order valence-electron chi connectivity index (χ4n) is 1.73. The molecular formula is C11H20BrNO3. The third-order valence-corrected chi connectivity index (χ3v) is 3.26. The Kier molecular flexibility index (Phi) is 4.62. The van der Waals surface area contributed by atoms with E-state index in [0.29, 0.717) is 6.54 Å². The van der Waals surface area contributed by atoms with Crippen LogP contribution in [0.1, 0.15) is 27.2 Å². The van der Waals surface area contributed by atoms with Crippen LogP contribution in [0.2, 0.25) is 0 Å². The van der Waals surface area contributed by atoms with Crippen molar-refractivity contribution in [1.82, 2.24) is 4.90 Å². The molecule has 0 radical (unpaired) electrons. The van der Waals surface area contributed by atoms with Crippen molar-refractivity contribution in [2.24, 2.45) is 0 Å². The Morgan fingerprint density at radius 2 is 2.12 bits per heavy atom. The van der Waals surface area contributed by atoms with Gasteiger partial charge in [-0.25, -0.2) is 4.79 Å². The third kappa shape index (κ3) is 3.63. The monoisotopic (exact) mass is 293 g/mol. The van der Waals surface area contributed by atoms with Crippen LogP contribution in [0.15, 0.2) is 0 Å². The number of likely N-dealkylation sites (tertiary alicyclic amines) is 1. The quantitative estimate of drug-likeness (QED) is 0.734. The zero-order chi connectivity index (χ0) is 12.3. The summed E-state index contributed by atoms with van der Waals surface area (Å²) in [6.45, 7) is 6.23. The first kappa shape index (κ1) is 13.8. The van der Waals surface area contributed by atoms with Crippen molar-refractivity contribution in [2.45, 2.75) is 44.9 Å². The predicted molar refractivity (Wildman–Crippen MR) is 65.9 cm³/mol. The van der Waals surface area contributed by atoms with Crippen molar-refractivity contribution in [2.75, 3.05) is 19.0 Å². The molecular weight excluding hydrogens is 274 g/mol. The number of amides is 1. The Balaban J connectivity index is 2.61. The highest BCUT2D eigenvalue weighted by molar-refractivity contribution is 9.09. The van der Waals surface area contributed by atoms with Gasteiger partial charge in [-0.1, -0.05) is 15.9 Å². The number of hydrogen-bond donors (Lipinski definition) is 0.